The first kappa shape index (κ1) is 17.1. The van der Waals surface area contributed by atoms with Gasteiger partial charge >= 0.3 is 6.09 Å². The molecule has 20 heavy (non-hydrogen) atoms. The molecule has 0 bridgehead atoms. The summed E-state index contributed by atoms with van der Waals surface area (Å²) in [6.07, 6.45) is -0.232. The third-order valence-electron chi connectivity index (χ3n) is 3.47. The summed E-state index contributed by atoms with van der Waals surface area (Å²) in [5, 5.41) is 12.6. The lowest BCUT2D eigenvalue weighted by molar-refractivity contribution is -0.190. The lowest BCUT2D eigenvalue weighted by Crippen LogP contribution is -2.56. The lowest BCUT2D eigenvalue weighted by atomic mass is 9.78. The van der Waals surface area contributed by atoms with Crippen LogP contribution in [-0.2, 0) is 4.74 Å². The van der Waals surface area contributed by atoms with Crippen molar-refractivity contribution < 1.29 is 23.4 Å². The molecule has 1 fully saturated rings. The van der Waals surface area contributed by atoms with Crippen LogP contribution in [0.4, 0.5) is 13.6 Å². The molecule has 0 saturated heterocycles. The van der Waals surface area contributed by atoms with Gasteiger partial charge in [-0.05, 0) is 46.5 Å². The van der Waals surface area contributed by atoms with Gasteiger partial charge in [0.25, 0.3) is 5.92 Å². The van der Waals surface area contributed by atoms with E-state index in [2.05, 4.69) is 5.32 Å². The molecular weight excluding hydrogens is 270 g/mol. The van der Waals surface area contributed by atoms with Gasteiger partial charge in [0.15, 0.2) is 0 Å². The van der Waals surface area contributed by atoms with Gasteiger partial charge in [-0.25, -0.2) is 13.6 Å². The molecule has 118 valence electrons. The van der Waals surface area contributed by atoms with Gasteiger partial charge in [-0.3, -0.25) is 0 Å². The monoisotopic (exact) mass is 294 g/mol. The van der Waals surface area contributed by atoms with Crippen LogP contribution in [0.1, 0.15) is 46.5 Å². The van der Waals surface area contributed by atoms with Crippen LogP contribution in [0.3, 0.4) is 0 Å². The number of hydrogen-bond acceptors (Lipinski definition) is 4. The summed E-state index contributed by atoms with van der Waals surface area (Å²) in [5.74, 6) is -3.30. The van der Waals surface area contributed by atoms with Crippen LogP contribution >= 0.6 is 0 Å². The molecule has 0 unspecified atom stereocenters. The Morgan fingerprint density at radius 3 is 2.30 bits per heavy atom. The zero-order valence-electron chi connectivity index (χ0n) is 12.2. The number of carbonyl (C=O) groups is 1. The summed E-state index contributed by atoms with van der Waals surface area (Å²) in [5.41, 5.74) is 2.33. The predicted molar refractivity (Wildman–Crippen MR) is 70.6 cm³/mol. The van der Waals surface area contributed by atoms with Crippen LogP contribution in [0, 0.1) is 0 Å². The standard InChI is InChI=1S/C13H24F2N2O3/c1-11(2,3)20-10(18)17-9-4-6-12(19,7-5-9)13(14,15)8-16/h9,19H,4-8,16H2,1-3H3,(H,17,18). The Balaban J connectivity index is 2.49. The van der Waals surface area contributed by atoms with Gasteiger partial charge in [-0.15, -0.1) is 0 Å². The van der Waals surface area contributed by atoms with Crippen molar-refractivity contribution in [3.05, 3.63) is 0 Å². The topological polar surface area (TPSA) is 84.6 Å². The van der Waals surface area contributed by atoms with Crippen molar-refractivity contribution in [2.45, 2.75) is 69.6 Å². The van der Waals surface area contributed by atoms with E-state index in [9.17, 15) is 18.7 Å². The van der Waals surface area contributed by atoms with Crippen molar-refractivity contribution in [1.82, 2.24) is 5.32 Å². The van der Waals surface area contributed by atoms with Gasteiger partial charge < -0.3 is 20.9 Å². The number of amides is 1. The normalized spacial score (nSPS) is 28.1. The maximum absolute atomic E-state index is 13.5. The van der Waals surface area contributed by atoms with E-state index in [0.717, 1.165) is 0 Å². The first-order valence-electron chi connectivity index (χ1n) is 6.79. The molecule has 0 aliphatic heterocycles. The minimum atomic E-state index is -3.30. The minimum absolute atomic E-state index is 0.0995. The van der Waals surface area contributed by atoms with Crippen molar-refractivity contribution >= 4 is 6.09 Å². The summed E-state index contributed by atoms with van der Waals surface area (Å²) in [7, 11) is 0. The SMILES string of the molecule is CC(C)(C)OC(=O)NC1CCC(O)(C(F)(F)CN)CC1. The van der Waals surface area contributed by atoms with E-state index < -0.39 is 29.8 Å². The Kier molecular flexibility index (Phi) is 4.97. The highest BCUT2D eigenvalue weighted by Gasteiger charge is 2.52. The molecule has 0 aromatic rings. The number of aliphatic hydroxyl groups is 1. The highest BCUT2D eigenvalue weighted by atomic mass is 19.3. The number of ether oxygens (including phenoxy) is 1. The Hall–Kier alpha value is -0.950. The fourth-order valence-corrected chi connectivity index (χ4v) is 2.27. The third kappa shape index (κ3) is 4.28. The predicted octanol–water partition coefficient (Wildman–Crippen LogP) is 1.78. The van der Waals surface area contributed by atoms with E-state index in [-0.39, 0.29) is 31.7 Å². The Morgan fingerprint density at radius 2 is 1.90 bits per heavy atom. The molecule has 0 spiro atoms. The summed E-state index contributed by atoms with van der Waals surface area (Å²) in [4.78, 5) is 11.6. The number of carbonyl (C=O) groups excluding carboxylic acids is 1. The number of hydrogen-bond donors (Lipinski definition) is 3. The quantitative estimate of drug-likeness (QED) is 0.740. The molecule has 0 heterocycles. The van der Waals surface area contributed by atoms with E-state index in [0.29, 0.717) is 0 Å². The van der Waals surface area contributed by atoms with E-state index >= 15 is 0 Å². The van der Waals surface area contributed by atoms with Gasteiger partial charge in [-0.1, -0.05) is 0 Å². The van der Waals surface area contributed by atoms with Gasteiger partial charge in [0.1, 0.15) is 11.2 Å². The van der Waals surface area contributed by atoms with E-state index in [1.807, 2.05) is 0 Å². The fraction of sp³-hybridized carbons (Fsp3) is 0.923. The molecule has 4 N–H and O–H groups in total. The number of rotatable bonds is 3. The largest absolute Gasteiger partial charge is 0.444 e. The van der Waals surface area contributed by atoms with Crippen LogP contribution in [0.2, 0.25) is 0 Å². The molecule has 5 nitrogen and oxygen atoms in total. The molecule has 0 atom stereocenters. The second-order valence-electron chi connectivity index (χ2n) is 6.36. The van der Waals surface area contributed by atoms with Crippen molar-refractivity contribution in [2.24, 2.45) is 5.73 Å². The van der Waals surface area contributed by atoms with Crippen molar-refractivity contribution in [3.8, 4) is 0 Å². The molecule has 0 aromatic heterocycles. The van der Waals surface area contributed by atoms with Gasteiger partial charge in [0, 0.05) is 6.04 Å². The zero-order chi connectivity index (χ0) is 15.6. The summed E-state index contributed by atoms with van der Waals surface area (Å²) in [6.45, 7) is 4.35. The Morgan fingerprint density at radius 1 is 1.40 bits per heavy atom. The van der Waals surface area contributed by atoms with Crippen molar-refractivity contribution in [1.29, 1.82) is 0 Å². The van der Waals surface area contributed by atoms with Crippen LogP contribution in [0.5, 0.6) is 0 Å². The average molecular weight is 294 g/mol. The first-order chi connectivity index (χ1) is 8.99. The molecule has 0 radical (unpaired) electrons. The van der Waals surface area contributed by atoms with Crippen LogP contribution in [0.15, 0.2) is 0 Å². The molecule has 1 saturated carbocycles. The fourth-order valence-electron chi connectivity index (χ4n) is 2.27. The summed E-state index contributed by atoms with van der Waals surface area (Å²) >= 11 is 0. The molecule has 1 rings (SSSR count). The average Bonchev–Trinajstić information content (AvgIpc) is 2.29. The third-order valence-corrected chi connectivity index (χ3v) is 3.47. The maximum Gasteiger partial charge on any atom is 0.407 e. The smallest absolute Gasteiger partial charge is 0.407 e. The van der Waals surface area contributed by atoms with Gasteiger partial charge in [-0.2, -0.15) is 0 Å². The second kappa shape index (κ2) is 5.81. The number of nitrogens with one attached hydrogen (secondary N) is 1. The molecule has 0 aromatic carbocycles. The number of halogens is 2. The number of alkyl halides is 2. The highest BCUT2D eigenvalue weighted by Crippen LogP contribution is 2.40. The number of alkyl carbamates (subject to hydrolysis) is 1. The molecule has 7 heteroatoms. The summed E-state index contributed by atoms with van der Waals surface area (Å²) in [6, 6.07) is -0.265. The molecular formula is C13H24F2N2O3. The van der Waals surface area contributed by atoms with Crippen molar-refractivity contribution in [2.75, 3.05) is 6.54 Å². The van der Waals surface area contributed by atoms with Crippen LogP contribution < -0.4 is 11.1 Å². The van der Waals surface area contributed by atoms with E-state index in [1.165, 1.54) is 0 Å². The minimum Gasteiger partial charge on any atom is -0.444 e. The van der Waals surface area contributed by atoms with Crippen LogP contribution in [-0.4, -0.2) is 40.9 Å². The highest BCUT2D eigenvalue weighted by molar-refractivity contribution is 5.68. The molecule has 1 aliphatic carbocycles. The summed E-state index contributed by atoms with van der Waals surface area (Å²) < 4.78 is 32.2. The van der Waals surface area contributed by atoms with E-state index in [1.54, 1.807) is 20.8 Å². The maximum atomic E-state index is 13.5. The zero-order valence-corrected chi connectivity index (χ0v) is 12.2. The molecule has 1 aliphatic rings. The van der Waals surface area contributed by atoms with E-state index in [4.69, 9.17) is 10.5 Å². The van der Waals surface area contributed by atoms with Gasteiger partial charge in [0.2, 0.25) is 0 Å². The number of nitrogens with two attached hydrogens (primary N) is 1. The van der Waals surface area contributed by atoms with Crippen LogP contribution in [0.25, 0.3) is 0 Å². The Labute approximate surface area is 117 Å². The lowest BCUT2D eigenvalue weighted by Gasteiger charge is -2.40. The Bertz CT molecular complexity index is 348. The second-order valence-corrected chi connectivity index (χ2v) is 6.36. The first-order valence-corrected chi connectivity index (χ1v) is 6.79. The van der Waals surface area contributed by atoms with Gasteiger partial charge in [0.05, 0.1) is 6.54 Å². The molecule has 1 amide bonds. The van der Waals surface area contributed by atoms with Crippen molar-refractivity contribution in [3.63, 3.8) is 0 Å².